The highest BCUT2D eigenvalue weighted by molar-refractivity contribution is 5.99. The molecule has 0 aromatic heterocycles. The quantitative estimate of drug-likeness (QED) is 0.603. The zero-order valence-corrected chi connectivity index (χ0v) is 14.9. The number of aliphatic imine (C=N–C) groups is 1. The Morgan fingerprint density at radius 1 is 1.05 bits per heavy atom. The highest BCUT2D eigenvalue weighted by atomic mass is 16.6. The largest absolute Gasteiger partial charge is 0.444 e. The van der Waals surface area contributed by atoms with Gasteiger partial charge in [-0.25, -0.2) is 9.59 Å². The Balaban J connectivity index is 4.97. The molecule has 0 rings (SSSR count). The SMILES string of the molecule is CCC(C)N/C(=N\C(=O)OC(C)(C)C)NC(=O)OC(C)(C)C. The number of nitrogens with zero attached hydrogens (tertiary/aromatic N) is 1. The summed E-state index contributed by atoms with van der Waals surface area (Å²) in [6.45, 7) is 14.3. The molecule has 22 heavy (non-hydrogen) atoms. The van der Waals surface area contributed by atoms with Crippen molar-refractivity contribution < 1.29 is 19.1 Å². The van der Waals surface area contributed by atoms with Crippen LogP contribution >= 0.6 is 0 Å². The molecule has 7 heteroatoms. The highest BCUT2D eigenvalue weighted by Crippen LogP contribution is 2.08. The number of carbonyl (C=O) groups is 2. The minimum atomic E-state index is -0.783. The Labute approximate surface area is 132 Å². The van der Waals surface area contributed by atoms with Gasteiger partial charge in [0.05, 0.1) is 0 Å². The predicted octanol–water partition coefficient (Wildman–Crippen LogP) is 3.19. The Kier molecular flexibility index (Phi) is 7.35. The molecule has 0 heterocycles. The number of rotatable bonds is 2. The van der Waals surface area contributed by atoms with Gasteiger partial charge < -0.3 is 14.8 Å². The molecule has 0 saturated carbocycles. The van der Waals surface area contributed by atoms with Gasteiger partial charge in [0.1, 0.15) is 11.2 Å². The lowest BCUT2D eigenvalue weighted by molar-refractivity contribution is 0.0560. The summed E-state index contributed by atoms with van der Waals surface area (Å²) in [7, 11) is 0. The van der Waals surface area contributed by atoms with E-state index in [1.54, 1.807) is 41.5 Å². The zero-order valence-electron chi connectivity index (χ0n) is 14.9. The van der Waals surface area contributed by atoms with Crippen molar-refractivity contribution in [2.24, 2.45) is 4.99 Å². The molecule has 0 aromatic rings. The monoisotopic (exact) mass is 315 g/mol. The molecule has 0 bridgehead atoms. The molecule has 7 nitrogen and oxygen atoms in total. The molecule has 0 aliphatic carbocycles. The number of guanidine groups is 1. The van der Waals surface area contributed by atoms with E-state index in [4.69, 9.17) is 9.47 Å². The lowest BCUT2D eigenvalue weighted by Crippen LogP contribution is -2.47. The van der Waals surface area contributed by atoms with Crippen molar-refractivity contribution >= 4 is 18.1 Å². The standard InChI is InChI=1S/C15H29N3O4/c1-9-10(2)16-11(17-12(19)21-14(3,4)5)18-13(20)22-15(6,7)8/h10H,9H2,1-8H3,(H2,16,17,18,19,20). The third kappa shape index (κ3) is 10.9. The van der Waals surface area contributed by atoms with Gasteiger partial charge in [-0.15, -0.1) is 4.99 Å². The molecule has 0 aromatic carbocycles. The van der Waals surface area contributed by atoms with Gasteiger partial charge in [-0.1, -0.05) is 6.92 Å². The van der Waals surface area contributed by atoms with Crippen LogP contribution in [0.5, 0.6) is 0 Å². The maximum absolute atomic E-state index is 11.8. The van der Waals surface area contributed by atoms with Crippen molar-refractivity contribution in [3.8, 4) is 0 Å². The minimum absolute atomic E-state index is 0.0119. The van der Waals surface area contributed by atoms with E-state index in [0.717, 1.165) is 6.42 Å². The van der Waals surface area contributed by atoms with Gasteiger partial charge in [-0.05, 0) is 54.9 Å². The fourth-order valence-electron chi connectivity index (χ4n) is 1.21. The third-order valence-corrected chi connectivity index (χ3v) is 2.21. The van der Waals surface area contributed by atoms with E-state index in [1.165, 1.54) is 0 Å². The van der Waals surface area contributed by atoms with Crippen molar-refractivity contribution in [2.45, 2.75) is 79.1 Å². The van der Waals surface area contributed by atoms with Crippen molar-refractivity contribution in [1.82, 2.24) is 10.6 Å². The van der Waals surface area contributed by atoms with E-state index in [2.05, 4.69) is 15.6 Å². The summed E-state index contributed by atoms with van der Waals surface area (Å²) >= 11 is 0. The minimum Gasteiger partial charge on any atom is -0.444 e. The van der Waals surface area contributed by atoms with Gasteiger partial charge in [0.25, 0.3) is 0 Å². The molecule has 1 atom stereocenters. The van der Waals surface area contributed by atoms with E-state index < -0.39 is 23.4 Å². The molecule has 128 valence electrons. The number of nitrogens with one attached hydrogen (secondary N) is 2. The predicted molar refractivity (Wildman–Crippen MR) is 85.9 cm³/mol. The summed E-state index contributed by atoms with van der Waals surface area (Å²) < 4.78 is 10.3. The van der Waals surface area contributed by atoms with Gasteiger partial charge in [-0.2, -0.15) is 0 Å². The number of amides is 2. The van der Waals surface area contributed by atoms with E-state index in [-0.39, 0.29) is 12.0 Å². The third-order valence-electron chi connectivity index (χ3n) is 2.21. The first kappa shape index (κ1) is 20.2. The number of ether oxygens (including phenoxy) is 2. The van der Waals surface area contributed by atoms with Crippen LogP contribution in [0.3, 0.4) is 0 Å². The van der Waals surface area contributed by atoms with Crippen LogP contribution in [-0.4, -0.2) is 35.4 Å². The maximum atomic E-state index is 11.8. The number of carbonyl (C=O) groups excluding carboxylic acids is 2. The zero-order chi connectivity index (χ0) is 17.6. The van der Waals surface area contributed by atoms with Gasteiger partial charge in [0.15, 0.2) is 0 Å². The van der Waals surface area contributed by atoms with Gasteiger partial charge in [0, 0.05) is 6.04 Å². The normalized spacial score (nSPS) is 14.1. The fourth-order valence-corrected chi connectivity index (χ4v) is 1.21. The Morgan fingerprint density at radius 3 is 1.95 bits per heavy atom. The van der Waals surface area contributed by atoms with Crippen LogP contribution in [0.15, 0.2) is 4.99 Å². The maximum Gasteiger partial charge on any atom is 0.437 e. The van der Waals surface area contributed by atoms with Gasteiger partial charge in [0.2, 0.25) is 5.96 Å². The average Bonchev–Trinajstić information content (AvgIpc) is 2.22. The van der Waals surface area contributed by atoms with Crippen molar-refractivity contribution in [3.05, 3.63) is 0 Å². The van der Waals surface area contributed by atoms with Crippen LogP contribution in [0, 0.1) is 0 Å². The molecule has 0 aliphatic heterocycles. The Bertz CT molecular complexity index is 419. The highest BCUT2D eigenvalue weighted by Gasteiger charge is 2.20. The first-order chi connectivity index (χ1) is 9.82. The van der Waals surface area contributed by atoms with E-state index in [0.29, 0.717) is 0 Å². The first-order valence-corrected chi connectivity index (χ1v) is 7.40. The second kappa shape index (κ2) is 8.00. The average molecular weight is 315 g/mol. The molecule has 1 unspecified atom stereocenters. The van der Waals surface area contributed by atoms with E-state index in [1.807, 2.05) is 13.8 Å². The fraction of sp³-hybridized carbons (Fsp3) is 0.800. The summed E-state index contributed by atoms with van der Waals surface area (Å²) in [4.78, 5) is 27.3. The summed E-state index contributed by atoms with van der Waals surface area (Å²) in [5.74, 6) is 0.0119. The van der Waals surface area contributed by atoms with Crippen molar-refractivity contribution in [3.63, 3.8) is 0 Å². The van der Waals surface area contributed by atoms with Crippen molar-refractivity contribution in [2.75, 3.05) is 0 Å². The lowest BCUT2D eigenvalue weighted by atomic mass is 10.2. The smallest absolute Gasteiger partial charge is 0.437 e. The first-order valence-electron chi connectivity index (χ1n) is 7.40. The number of hydrogen-bond acceptors (Lipinski definition) is 4. The molecule has 0 spiro atoms. The molecule has 0 fully saturated rings. The number of hydrogen-bond donors (Lipinski definition) is 2. The Hall–Kier alpha value is -1.79. The van der Waals surface area contributed by atoms with Crippen LogP contribution in [0.2, 0.25) is 0 Å². The number of alkyl carbamates (subject to hydrolysis) is 1. The van der Waals surface area contributed by atoms with Crippen LogP contribution in [-0.2, 0) is 9.47 Å². The summed E-state index contributed by atoms with van der Waals surface area (Å²) in [6, 6.07) is 0.0242. The molecular weight excluding hydrogens is 286 g/mol. The molecule has 2 N–H and O–H groups in total. The van der Waals surface area contributed by atoms with Crippen LogP contribution < -0.4 is 10.6 Å². The van der Waals surface area contributed by atoms with E-state index >= 15 is 0 Å². The van der Waals surface area contributed by atoms with Crippen LogP contribution in [0.1, 0.15) is 61.8 Å². The van der Waals surface area contributed by atoms with Gasteiger partial charge in [-0.3, -0.25) is 5.32 Å². The van der Waals surface area contributed by atoms with Crippen LogP contribution in [0.25, 0.3) is 0 Å². The summed E-state index contributed by atoms with van der Waals surface area (Å²) in [6.07, 6.45) is -0.677. The van der Waals surface area contributed by atoms with E-state index in [9.17, 15) is 9.59 Å². The van der Waals surface area contributed by atoms with Gasteiger partial charge >= 0.3 is 12.2 Å². The molecule has 0 saturated heterocycles. The van der Waals surface area contributed by atoms with Crippen molar-refractivity contribution in [1.29, 1.82) is 0 Å². The molecule has 0 radical (unpaired) electrons. The van der Waals surface area contributed by atoms with Crippen LogP contribution in [0.4, 0.5) is 9.59 Å². The topological polar surface area (TPSA) is 89.0 Å². The second-order valence-electron chi connectivity index (χ2n) is 7.02. The second-order valence-corrected chi connectivity index (χ2v) is 7.02. The molecule has 0 aliphatic rings. The summed E-state index contributed by atoms with van der Waals surface area (Å²) in [5, 5.41) is 5.37. The molecular formula is C15H29N3O4. The summed E-state index contributed by atoms with van der Waals surface area (Å²) in [5.41, 5.74) is -1.30. The Morgan fingerprint density at radius 2 is 1.55 bits per heavy atom. The molecule has 2 amide bonds. The lowest BCUT2D eigenvalue weighted by Gasteiger charge is -2.22.